The summed E-state index contributed by atoms with van der Waals surface area (Å²) in [6.07, 6.45) is -0.462. The smallest absolute Gasteiger partial charge is 0.411 e. The van der Waals surface area contributed by atoms with Gasteiger partial charge in [0.15, 0.2) is 0 Å². The van der Waals surface area contributed by atoms with Crippen LogP contribution in [0.1, 0.15) is 5.56 Å². The summed E-state index contributed by atoms with van der Waals surface area (Å²) in [5, 5.41) is 2.72. The second-order valence-corrected chi connectivity index (χ2v) is 4.03. The van der Waals surface area contributed by atoms with E-state index in [9.17, 15) is 4.79 Å². The standard InChI is InChI=1S/C15H15NO2/c1-11-8-9-14(16-15(17)18-2)13(10-11)12-6-4-3-5-7-12/h3-10H,1-2H3,(H,16,17). The lowest BCUT2D eigenvalue weighted by molar-refractivity contribution is 0.187. The third kappa shape index (κ3) is 2.69. The summed E-state index contributed by atoms with van der Waals surface area (Å²) in [6.45, 7) is 2.02. The number of aryl methyl sites for hydroxylation is 1. The van der Waals surface area contributed by atoms with Gasteiger partial charge in [-0.15, -0.1) is 0 Å². The van der Waals surface area contributed by atoms with Crippen molar-refractivity contribution in [2.45, 2.75) is 6.92 Å². The molecule has 0 atom stereocenters. The summed E-state index contributed by atoms with van der Waals surface area (Å²) in [7, 11) is 1.35. The van der Waals surface area contributed by atoms with Crippen LogP contribution < -0.4 is 5.32 Å². The number of ether oxygens (including phenoxy) is 1. The molecule has 1 amide bonds. The van der Waals surface area contributed by atoms with Crippen LogP contribution in [0, 0.1) is 6.92 Å². The van der Waals surface area contributed by atoms with Crippen molar-refractivity contribution < 1.29 is 9.53 Å². The van der Waals surface area contributed by atoms with Crippen LogP contribution in [-0.2, 0) is 4.74 Å². The minimum atomic E-state index is -0.462. The van der Waals surface area contributed by atoms with Gasteiger partial charge in [0.05, 0.1) is 12.8 Å². The fourth-order valence-electron chi connectivity index (χ4n) is 1.78. The number of amides is 1. The van der Waals surface area contributed by atoms with E-state index in [2.05, 4.69) is 10.1 Å². The molecule has 2 aromatic rings. The molecule has 0 aliphatic carbocycles. The third-order valence-corrected chi connectivity index (χ3v) is 2.68. The van der Waals surface area contributed by atoms with Crippen molar-refractivity contribution in [1.29, 1.82) is 0 Å². The molecule has 0 aromatic heterocycles. The minimum Gasteiger partial charge on any atom is -0.453 e. The SMILES string of the molecule is COC(=O)Nc1ccc(C)cc1-c1ccccc1. The maximum absolute atomic E-state index is 11.3. The van der Waals surface area contributed by atoms with E-state index < -0.39 is 6.09 Å². The first-order chi connectivity index (χ1) is 8.70. The number of carbonyl (C=O) groups is 1. The molecule has 92 valence electrons. The molecule has 0 fully saturated rings. The van der Waals surface area contributed by atoms with Crippen LogP contribution >= 0.6 is 0 Å². The van der Waals surface area contributed by atoms with E-state index in [0.29, 0.717) is 0 Å². The lowest BCUT2D eigenvalue weighted by Gasteiger charge is -2.11. The van der Waals surface area contributed by atoms with Gasteiger partial charge in [-0.25, -0.2) is 4.79 Å². The Bertz CT molecular complexity index is 550. The number of anilines is 1. The Hall–Kier alpha value is -2.29. The molecule has 3 nitrogen and oxygen atoms in total. The quantitative estimate of drug-likeness (QED) is 0.867. The Morgan fingerprint density at radius 2 is 1.83 bits per heavy atom. The molecule has 18 heavy (non-hydrogen) atoms. The van der Waals surface area contributed by atoms with Gasteiger partial charge >= 0.3 is 6.09 Å². The first kappa shape index (κ1) is 12.2. The summed E-state index contributed by atoms with van der Waals surface area (Å²) >= 11 is 0. The van der Waals surface area contributed by atoms with Crippen molar-refractivity contribution in [2.75, 3.05) is 12.4 Å². The maximum Gasteiger partial charge on any atom is 0.411 e. The number of nitrogens with one attached hydrogen (secondary N) is 1. The lowest BCUT2D eigenvalue weighted by atomic mass is 10.0. The van der Waals surface area contributed by atoms with Crippen LogP contribution in [0.15, 0.2) is 48.5 Å². The lowest BCUT2D eigenvalue weighted by Crippen LogP contribution is -2.11. The number of hydrogen-bond donors (Lipinski definition) is 1. The van der Waals surface area contributed by atoms with E-state index in [1.54, 1.807) is 0 Å². The monoisotopic (exact) mass is 241 g/mol. The fourth-order valence-corrected chi connectivity index (χ4v) is 1.78. The van der Waals surface area contributed by atoms with Gasteiger partial charge < -0.3 is 4.74 Å². The van der Waals surface area contributed by atoms with Gasteiger partial charge in [0.2, 0.25) is 0 Å². The highest BCUT2D eigenvalue weighted by molar-refractivity contribution is 5.91. The maximum atomic E-state index is 11.3. The van der Waals surface area contributed by atoms with Gasteiger partial charge in [-0.05, 0) is 24.6 Å². The zero-order valence-electron chi connectivity index (χ0n) is 10.4. The second kappa shape index (κ2) is 5.36. The Kier molecular flexibility index (Phi) is 3.63. The van der Waals surface area contributed by atoms with E-state index in [1.807, 2.05) is 55.5 Å². The molecule has 0 radical (unpaired) electrons. The van der Waals surface area contributed by atoms with Crippen LogP contribution in [0.3, 0.4) is 0 Å². The molecule has 0 saturated heterocycles. The normalized spacial score (nSPS) is 9.89. The largest absolute Gasteiger partial charge is 0.453 e. The summed E-state index contributed by atoms with van der Waals surface area (Å²) in [5.41, 5.74) is 3.94. The third-order valence-electron chi connectivity index (χ3n) is 2.68. The van der Waals surface area contributed by atoms with Gasteiger partial charge in [-0.3, -0.25) is 5.32 Å². The average molecular weight is 241 g/mol. The molecule has 0 spiro atoms. The second-order valence-electron chi connectivity index (χ2n) is 4.03. The molecule has 0 heterocycles. The number of benzene rings is 2. The van der Waals surface area contributed by atoms with Crippen LogP contribution in [0.4, 0.5) is 10.5 Å². The number of rotatable bonds is 2. The summed E-state index contributed by atoms with van der Waals surface area (Å²) in [4.78, 5) is 11.3. The highest BCUT2D eigenvalue weighted by atomic mass is 16.5. The van der Waals surface area contributed by atoms with Crippen molar-refractivity contribution in [2.24, 2.45) is 0 Å². The Morgan fingerprint density at radius 1 is 1.11 bits per heavy atom. The van der Waals surface area contributed by atoms with Gasteiger partial charge in [-0.2, -0.15) is 0 Å². The molecule has 0 bridgehead atoms. The highest BCUT2D eigenvalue weighted by Gasteiger charge is 2.08. The van der Waals surface area contributed by atoms with Crippen molar-refractivity contribution in [3.05, 3.63) is 54.1 Å². The summed E-state index contributed by atoms with van der Waals surface area (Å²) in [5.74, 6) is 0. The molecule has 1 N–H and O–H groups in total. The number of carbonyl (C=O) groups excluding carboxylic acids is 1. The van der Waals surface area contributed by atoms with Crippen molar-refractivity contribution in [3.63, 3.8) is 0 Å². The zero-order chi connectivity index (χ0) is 13.0. The summed E-state index contributed by atoms with van der Waals surface area (Å²) in [6, 6.07) is 15.8. The van der Waals surface area contributed by atoms with Gasteiger partial charge in [0.1, 0.15) is 0 Å². The first-order valence-corrected chi connectivity index (χ1v) is 5.72. The van der Waals surface area contributed by atoms with Crippen LogP contribution in [0.2, 0.25) is 0 Å². The number of methoxy groups -OCH3 is 1. The van der Waals surface area contributed by atoms with Gasteiger partial charge in [0.25, 0.3) is 0 Å². The van der Waals surface area contributed by atoms with Crippen molar-refractivity contribution in [1.82, 2.24) is 0 Å². The summed E-state index contributed by atoms with van der Waals surface area (Å²) < 4.78 is 4.63. The van der Waals surface area contributed by atoms with Gasteiger partial charge in [0, 0.05) is 5.56 Å². The number of hydrogen-bond acceptors (Lipinski definition) is 2. The molecule has 0 aliphatic heterocycles. The first-order valence-electron chi connectivity index (χ1n) is 5.72. The topological polar surface area (TPSA) is 38.3 Å². The van der Waals surface area contributed by atoms with Crippen LogP contribution in [0.25, 0.3) is 11.1 Å². The molecule has 0 unspecified atom stereocenters. The van der Waals surface area contributed by atoms with Crippen molar-refractivity contribution in [3.8, 4) is 11.1 Å². The van der Waals surface area contributed by atoms with E-state index in [-0.39, 0.29) is 0 Å². The van der Waals surface area contributed by atoms with E-state index in [4.69, 9.17) is 0 Å². The fraction of sp³-hybridized carbons (Fsp3) is 0.133. The molecular formula is C15H15NO2. The molecule has 0 saturated carbocycles. The predicted molar refractivity (Wildman–Crippen MR) is 72.6 cm³/mol. The van der Waals surface area contributed by atoms with Crippen LogP contribution in [-0.4, -0.2) is 13.2 Å². The zero-order valence-corrected chi connectivity index (χ0v) is 10.4. The average Bonchev–Trinajstić information content (AvgIpc) is 2.41. The van der Waals surface area contributed by atoms with Crippen LogP contribution in [0.5, 0.6) is 0 Å². The molecule has 0 aliphatic rings. The Labute approximate surface area is 106 Å². The molecule has 2 aromatic carbocycles. The predicted octanol–water partition coefficient (Wildman–Crippen LogP) is 3.84. The Morgan fingerprint density at radius 3 is 2.50 bits per heavy atom. The van der Waals surface area contributed by atoms with E-state index in [0.717, 1.165) is 22.4 Å². The Balaban J connectivity index is 2.44. The molecular weight excluding hydrogens is 226 g/mol. The molecule has 3 heteroatoms. The molecule has 2 rings (SSSR count). The van der Waals surface area contributed by atoms with E-state index in [1.165, 1.54) is 7.11 Å². The minimum absolute atomic E-state index is 0.462. The van der Waals surface area contributed by atoms with E-state index >= 15 is 0 Å². The van der Waals surface area contributed by atoms with Crippen molar-refractivity contribution >= 4 is 11.8 Å². The highest BCUT2D eigenvalue weighted by Crippen LogP contribution is 2.28. The van der Waals surface area contributed by atoms with Gasteiger partial charge in [-0.1, -0.05) is 42.0 Å².